The Bertz CT molecular complexity index is 162. The Hall–Kier alpha value is -0.160. The van der Waals surface area contributed by atoms with Gasteiger partial charge in [0.15, 0.2) is 0 Å². The van der Waals surface area contributed by atoms with E-state index in [1.807, 2.05) is 6.92 Å². The molecule has 0 aromatic carbocycles. The summed E-state index contributed by atoms with van der Waals surface area (Å²) in [6, 6.07) is 0. The predicted molar refractivity (Wildman–Crippen MR) is 52.0 cm³/mol. The van der Waals surface area contributed by atoms with Gasteiger partial charge in [0.05, 0.1) is 13.2 Å². The quantitative estimate of drug-likeness (QED) is 0.636. The van der Waals surface area contributed by atoms with Crippen molar-refractivity contribution in [2.45, 2.75) is 38.3 Å². The highest BCUT2D eigenvalue weighted by molar-refractivity contribution is 4.75. The Morgan fingerprint density at radius 1 is 1.43 bits per heavy atom. The Kier molecular flexibility index (Phi) is 4.81. The molecule has 0 bridgehead atoms. The van der Waals surface area contributed by atoms with Crippen molar-refractivity contribution in [2.24, 2.45) is 0 Å². The standard InChI is InChI=1S/C10H20O4/c1-4-7-13-10(12-3)9(11-2)6-5-8-14-10/h9H,4-8H2,1-3H3. The van der Waals surface area contributed by atoms with E-state index in [4.69, 9.17) is 18.9 Å². The first-order valence-electron chi connectivity index (χ1n) is 5.15. The minimum atomic E-state index is -0.983. The van der Waals surface area contributed by atoms with Gasteiger partial charge in [-0.15, -0.1) is 0 Å². The van der Waals surface area contributed by atoms with Crippen LogP contribution in [0.4, 0.5) is 0 Å². The first-order valence-corrected chi connectivity index (χ1v) is 5.15. The molecule has 1 aliphatic rings. The maximum absolute atomic E-state index is 5.60. The molecule has 4 nitrogen and oxygen atoms in total. The van der Waals surface area contributed by atoms with Crippen molar-refractivity contribution in [3.8, 4) is 0 Å². The van der Waals surface area contributed by atoms with Gasteiger partial charge in [-0.25, -0.2) is 0 Å². The van der Waals surface area contributed by atoms with Crippen molar-refractivity contribution in [3.05, 3.63) is 0 Å². The molecule has 1 heterocycles. The van der Waals surface area contributed by atoms with Crippen LogP contribution in [0.3, 0.4) is 0 Å². The SMILES string of the molecule is CCCOC1(OC)OCCCC1OC. The molecule has 0 spiro atoms. The van der Waals surface area contributed by atoms with Crippen LogP contribution in [-0.4, -0.2) is 39.5 Å². The van der Waals surface area contributed by atoms with Crippen molar-refractivity contribution in [1.82, 2.24) is 0 Å². The van der Waals surface area contributed by atoms with Crippen LogP contribution in [0.2, 0.25) is 0 Å². The first kappa shape index (κ1) is 11.9. The fraction of sp³-hybridized carbons (Fsp3) is 1.00. The molecule has 14 heavy (non-hydrogen) atoms. The van der Waals surface area contributed by atoms with E-state index in [1.54, 1.807) is 14.2 Å². The fourth-order valence-corrected chi connectivity index (χ4v) is 1.64. The Balaban J connectivity index is 2.60. The summed E-state index contributed by atoms with van der Waals surface area (Å²) in [5.74, 6) is -0.983. The largest absolute Gasteiger partial charge is 0.373 e. The minimum absolute atomic E-state index is 0.132. The van der Waals surface area contributed by atoms with Crippen LogP contribution < -0.4 is 0 Å². The molecule has 2 unspecified atom stereocenters. The maximum Gasteiger partial charge on any atom is 0.310 e. The predicted octanol–water partition coefficient (Wildman–Crippen LogP) is 1.54. The minimum Gasteiger partial charge on any atom is -0.373 e. The lowest BCUT2D eigenvalue weighted by atomic mass is 10.1. The molecular weight excluding hydrogens is 184 g/mol. The molecule has 1 aliphatic heterocycles. The van der Waals surface area contributed by atoms with Crippen LogP contribution in [-0.2, 0) is 18.9 Å². The van der Waals surface area contributed by atoms with Crippen LogP contribution in [0, 0.1) is 0 Å². The van der Waals surface area contributed by atoms with Gasteiger partial charge in [0.1, 0.15) is 6.10 Å². The van der Waals surface area contributed by atoms with E-state index in [-0.39, 0.29) is 6.10 Å². The van der Waals surface area contributed by atoms with Crippen LogP contribution in [0.1, 0.15) is 26.2 Å². The van der Waals surface area contributed by atoms with Gasteiger partial charge >= 0.3 is 5.97 Å². The third kappa shape index (κ3) is 2.45. The average Bonchev–Trinajstić information content (AvgIpc) is 2.26. The summed E-state index contributed by atoms with van der Waals surface area (Å²) < 4.78 is 21.8. The Morgan fingerprint density at radius 3 is 2.79 bits per heavy atom. The summed E-state index contributed by atoms with van der Waals surface area (Å²) in [4.78, 5) is 0. The number of methoxy groups -OCH3 is 2. The summed E-state index contributed by atoms with van der Waals surface area (Å²) in [6.45, 7) is 3.33. The van der Waals surface area contributed by atoms with Crippen LogP contribution in [0.25, 0.3) is 0 Å². The second-order valence-electron chi connectivity index (χ2n) is 3.37. The molecule has 0 amide bonds. The fourth-order valence-electron chi connectivity index (χ4n) is 1.64. The molecule has 0 aromatic heterocycles. The van der Waals surface area contributed by atoms with Crippen molar-refractivity contribution >= 4 is 0 Å². The van der Waals surface area contributed by atoms with Crippen molar-refractivity contribution in [1.29, 1.82) is 0 Å². The molecule has 1 fully saturated rings. The van der Waals surface area contributed by atoms with Gasteiger partial charge in [-0.1, -0.05) is 6.92 Å². The Morgan fingerprint density at radius 2 is 2.21 bits per heavy atom. The van der Waals surface area contributed by atoms with Crippen LogP contribution in [0.5, 0.6) is 0 Å². The second kappa shape index (κ2) is 5.66. The molecule has 0 saturated carbocycles. The highest BCUT2D eigenvalue weighted by atomic mass is 16.9. The zero-order valence-electron chi connectivity index (χ0n) is 9.25. The van der Waals surface area contributed by atoms with E-state index in [0.717, 1.165) is 19.3 Å². The molecule has 0 aliphatic carbocycles. The van der Waals surface area contributed by atoms with E-state index in [9.17, 15) is 0 Å². The van der Waals surface area contributed by atoms with Gasteiger partial charge in [0.25, 0.3) is 0 Å². The summed E-state index contributed by atoms with van der Waals surface area (Å²) >= 11 is 0. The first-order chi connectivity index (χ1) is 6.79. The zero-order valence-corrected chi connectivity index (χ0v) is 9.25. The van der Waals surface area contributed by atoms with Gasteiger partial charge in [0.2, 0.25) is 0 Å². The molecule has 4 heteroatoms. The lowest BCUT2D eigenvalue weighted by Gasteiger charge is -2.40. The molecule has 2 atom stereocenters. The molecule has 1 saturated heterocycles. The molecule has 84 valence electrons. The normalized spacial score (nSPS) is 33.2. The molecule has 0 radical (unpaired) electrons. The van der Waals surface area contributed by atoms with Crippen molar-refractivity contribution in [3.63, 3.8) is 0 Å². The van der Waals surface area contributed by atoms with Gasteiger partial charge in [-0.3, -0.25) is 0 Å². The van der Waals surface area contributed by atoms with E-state index < -0.39 is 5.97 Å². The zero-order chi connectivity index (χ0) is 10.4. The average molecular weight is 204 g/mol. The summed E-state index contributed by atoms with van der Waals surface area (Å²) in [5, 5.41) is 0. The van der Waals surface area contributed by atoms with Gasteiger partial charge in [0, 0.05) is 14.2 Å². The summed E-state index contributed by atoms with van der Waals surface area (Å²) in [5.41, 5.74) is 0. The van der Waals surface area contributed by atoms with Gasteiger partial charge < -0.3 is 18.9 Å². The molecule has 0 aromatic rings. The number of hydrogen-bond donors (Lipinski definition) is 0. The van der Waals surface area contributed by atoms with Gasteiger partial charge in [-0.05, 0) is 19.3 Å². The number of rotatable bonds is 5. The summed E-state index contributed by atoms with van der Waals surface area (Å²) in [7, 11) is 3.25. The molecule has 1 rings (SSSR count). The number of hydrogen-bond acceptors (Lipinski definition) is 4. The Labute approximate surface area is 85.5 Å². The molecular formula is C10H20O4. The van der Waals surface area contributed by atoms with E-state index in [0.29, 0.717) is 13.2 Å². The summed E-state index contributed by atoms with van der Waals surface area (Å²) in [6.07, 6.45) is 2.70. The lowest BCUT2D eigenvalue weighted by molar-refractivity contribution is -0.419. The van der Waals surface area contributed by atoms with E-state index >= 15 is 0 Å². The lowest BCUT2D eigenvalue weighted by Crippen LogP contribution is -2.53. The monoisotopic (exact) mass is 204 g/mol. The maximum atomic E-state index is 5.60. The van der Waals surface area contributed by atoms with Crippen molar-refractivity contribution < 1.29 is 18.9 Å². The molecule has 0 N–H and O–H groups in total. The highest BCUT2D eigenvalue weighted by Crippen LogP contribution is 2.29. The van der Waals surface area contributed by atoms with Crippen molar-refractivity contribution in [2.75, 3.05) is 27.4 Å². The second-order valence-corrected chi connectivity index (χ2v) is 3.37. The number of ether oxygens (including phenoxy) is 4. The van der Waals surface area contributed by atoms with E-state index in [1.165, 1.54) is 0 Å². The van der Waals surface area contributed by atoms with E-state index in [2.05, 4.69) is 0 Å². The van der Waals surface area contributed by atoms with Gasteiger partial charge in [-0.2, -0.15) is 0 Å². The highest BCUT2D eigenvalue weighted by Gasteiger charge is 2.44. The van der Waals surface area contributed by atoms with Crippen LogP contribution >= 0.6 is 0 Å². The third-order valence-electron chi connectivity index (χ3n) is 2.38. The smallest absolute Gasteiger partial charge is 0.310 e. The third-order valence-corrected chi connectivity index (χ3v) is 2.38. The van der Waals surface area contributed by atoms with Crippen LogP contribution in [0.15, 0.2) is 0 Å². The topological polar surface area (TPSA) is 36.9 Å².